The van der Waals surface area contributed by atoms with Crippen LogP contribution < -0.4 is 5.32 Å². The molecule has 0 radical (unpaired) electrons. The van der Waals surface area contributed by atoms with Crippen molar-refractivity contribution in [3.8, 4) is 0 Å². The number of nitrogens with zero attached hydrogens (tertiary/aromatic N) is 1. The van der Waals surface area contributed by atoms with E-state index in [2.05, 4.69) is 36.5 Å². The Morgan fingerprint density at radius 2 is 1.74 bits per heavy atom. The van der Waals surface area contributed by atoms with E-state index in [4.69, 9.17) is 4.74 Å². The molecule has 1 aliphatic rings. The Morgan fingerprint density at radius 1 is 1.07 bits per heavy atom. The number of amides is 2. The van der Waals surface area contributed by atoms with Crippen molar-refractivity contribution >= 4 is 17.8 Å². The van der Waals surface area contributed by atoms with E-state index in [1.807, 2.05) is 4.90 Å². The molecule has 1 heterocycles. The quantitative estimate of drug-likeness (QED) is 0.709. The van der Waals surface area contributed by atoms with E-state index in [0.717, 1.165) is 19.3 Å². The number of carbonyl (C=O) groups is 3. The van der Waals surface area contributed by atoms with Crippen LogP contribution in [0.4, 0.5) is 0 Å². The Hall–Kier alpha value is -2.37. The molecule has 0 unspecified atom stereocenters. The fourth-order valence-electron chi connectivity index (χ4n) is 3.19. The lowest BCUT2D eigenvalue weighted by molar-refractivity contribution is -0.144. The number of ether oxygens (including phenoxy) is 1. The number of likely N-dealkylation sites (tertiary alicyclic amines) is 1. The van der Waals surface area contributed by atoms with Crippen molar-refractivity contribution in [3.63, 3.8) is 0 Å². The molecule has 27 heavy (non-hydrogen) atoms. The molecule has 0 aliphatic carbocycles. The molecular formula is C21H30N2O4. The van der Waals surface area contributed by atoms with Crippen LogP contribution in [0.2, 0.25) is 0 Å². The molecule has 1 aromatic carbocycles. The van der Waals surface area contributed by atoms with Crippen molar-refractivity contribution in [2.24, 2.45) is 0 Å². The maximum absolute atomic E-state index is 12.4. The highest BCUT2D eigenvalue weighted by atomic mass is 16.5. The summed E-state index contributed by atoms with van der Waals surface area (Å²) in [5.74, 6) is -0.309. The van der Waals surface area contributed by atoms with Crippen molar-refractivity contribution < 1.29 is 19.1 Å². The van der Waals surface area contributed by atoms with Crippen molar-refractivity contribution in [3.05, 3.63) is 35.4 Å². The van der Waals surface area contributed by atoms with Crippen LogP contribution in [0.15, 0.2) is 24.3 Å². The molecule has 0 spiro atoms. The molecule has 0 atom stereocenters. The van der Waals surface area contributed by atoms with Crippen molar-refractivity contribution in [1.82, 2.24) is 10.2 Å². The van der Waals surface area contributed by atoms with Gasteiger partial charge in [0.05, 0.1) is 13.0 Å². The zero-order valence-electron chi connectivity index (χ0n) is 16.3. The first-order valence-corrected chi connectivity index (χ1v) is 9.76. The number of rotatable bonds is 8. The molecule has 6 heteroatoms. The summed E-state index contributed by atoms with van der Waals surface area (Å²) in [6.07, 6.45) is 3.02. The lowest BCUT2D eigenvalue weighted by Gasteiger charge is -2.32. The minimum atomic E-state index is -0.346. The van der Waals surface area contributed by atoms with Gasteiger partial charge in [0, 0.05) is 32.0 Å². The monoisotopic (exact) mass is 374 g/mol. The van der Waals surface area contributed by atoms with Crippen LogP contribution in [0.5, 0.6) is 0 Å². The van der Waals surface area contributed by atoms with Crippen LogP contribution in [0, 0.1) is 6.92 Å². The standard InChI is InChI=1S/C21H30N2O4/c1-3-27-21(26)11-9-19(24)22-18-12-14-23(15-13-18)20(25)10-8-17-6-4-16(2)5-7-17/h4-7,18H,3,8-15H2,1-2H3,(H,22,24). The molecule has 0 saturated carbocycles. The van der Waals surface area contributed by atoms with Crippen molar-refractivity contribution in [2.45, 2.75) is 58.4 Å². The molecule has 0 aromatic heterocycles. The van der Waals surface area contributed by atoms with Crippen LogP contribution in [-0.4, -0.2) is 48.4 Å². The van der Waals surface area contributed by atoms with E-state index in [0.29, 0.717) is 26.1 Å². The molecular weight excluding hydrogens is 344 g/mol. The molecule has 148 valence electrons. The Labute approximate surface area is 161 Å². The fraction of sp³-hybridized carbons (Fsp3) is 0.571. The van der Waals surface area contributed by atoms with Gasteiger partial charge < -0.3 is 15.0 Å². The summed E-state index contributed by atoms with van der Waals surface area (Å²) in [4.78, 5) is 37.5. The number of aryl methyl sites for hydroxylation is 2. The highest BCUT2D eigenvalue weighted by molar-refractivity contribution is 5.81. The summed E-state index contributed by atoms with van der Waals surface area (Å²) in [7, 11) is 0. The largest absolute Gasteiger partial charge is 0.466 e. The van der Waals surface area contributed by atoms with E-state index in [9.17, 15) is 14.4 Å². The summed E-state index contributed by atoms with van der Waals surface area (Å²) in [5, 5.41) is 2.95. The van der Waals surface area contributed by atoms with E-state index >= 15 is 0 Å². The molecule has 6 nitrogen and oxygen atoms in total. The fourth-order valence-corrected chi connectivity index (χ4v) is 3.19. The number of piperidine rings is 1. The molecule has 1 fully saturated rings. The van der Waals surface area contributed by atoms with Gasteiger partial charge >= 0.3 is 5.97 Å². The van der Waals surface area contributed by atoms with E-state index in [1.165, 1.54) is 11.1 Å². The highest BCUT2D eigenvalue weighted by Gasteiger charge is 2.23. The van der Waals surface area contributed by atoms with E-state index in [-0.39, 0.29) is 36.7 Å². The molecule has 2 amide bonds. The molecule has 1 N–H and O–H groups in total. The second-order valence-corrected chi connectivity index (χ2v) is 7.01. The van der Waals surface area contributed by atoms with Crippen LogP contribution in [0.3, 0.4) is 0 Å². The van der Waals surface area contributed by atoms with E-state index in [1.54, 1.807) is 6.92 Å². The Bertz CT molecular complexity index is 634. The molecule has 0 bridgehead atoms. The number of hydrogen-bond donors (Lipinski definition) is 1. The summed E-state index contributed by atoms with van der Waals surface area (Å²) in [6.45, 7) is 5.45. The number of hydrogen-bond acceptors (Lipinski definition) is 4. The predicted molar refractivity (Wildman–Crippen MR) is 103 cm³/mol. The summed E-state index contributed by atoms with van der Waals surface area (Å²) >= 11 is 0. The Balaban J connectivity index is 1.65. The van der Waals surface area contributed by atoms with Crippen LogP contribution in [0.25, 0.3) is 0 Å². The first-order valence-electron chi connectivity index (χ1n) is 9.76. The third-order valence-corrected chi connectivity index (χ3v) is 4.82. The van der Waals surface area contributed by atoms with Gasteiger partial charge in [-0.15, -0.1) is 0 Å². The lowest BCUT2D eigenvalue weighted by atomic mass is 10.0. The lowest BCUT2D eigenvalue weighted by Crippen LogP contribution is -2.46. The van der Waals surface area contributed by atoms with E-state index < -0.39 is 0 Å². The molecule has 1 saturated heterocycles. The average Bonchev–Trinajstić information content (AvgIpc) is 2.66. The van der Waals surface area contributed by atoms with Gasteiger partial charge in [-0.3, -0.25) is 14.4 Å². The minimum absolute atomic E-state index is 0.0702. The Morgan fingerprint density at radius 3 is 2.37 bits per heavy atom. The van der Waals surface area contributed by atoms with Crippen LogP contribution in [0.1, 0.15) is 50.2 Å². The third kappa shape index (κ3) is 7.41. The summed E-state index contributed by atoms with van der Waals surface area (Å²) < 4.78 is 4.82. The topological polar surface area (TPSA) is 75.7 Å². The maximum atomic E-state index is 12.4. The van der Waals surface area contributed by atoms with Gasteiger partial charge in [0.25, 0.3) is 0 Å². The molecule has 2 rings (SSSR count). The SMILES string of the molecule is CCOC(=O)CCC(=O)NC1CCN(C(=O)CCc2ccc(C)cc2)CC1. The van der Waals surface area contributed by atoms with Gasteiger partial charge in [0.1, 0.15) is 0 Å². The van der Waals surface area contributed by atoms with Gasteiger partial charge in [0.2, 0.25) is 11.8 Å². The normalized spacial score (nSPS) is 14.7. The Kier molecular flexibility index (Phi) is 8.30. The predicted octanol–water partition coefficient (Wildman–Crippen LogP) is 2.38. The van der Waals surface area contributed by atoms with Crippen molar-refractivity contribution in [2.75, 3.05) is 19.7 Å². The van der Waals surface area contributed by atoms with Crippen molar-refractivity contribution in [1.29, 1.82) is 0 Å². The first kappa shape index (κ1) is 20.9. The molecule has 1 aliphatic heterocycles. The van der Waals surface area contributed by atoms with Crippen LogP contribution in [-0.2, 0) is 25.5 Å². The highest BCUT2D eigenvalue weighted by Crippen LogP contribution is 2.14. The molecule has 1 aromatic rings. The second kappa shape index (κ2) is 10.7. The number of esters is 1. The summed E-state index contributed by atoms with van der Waals surface area (Å²) in [6, 6.07) is 8.34. The minimum Gasteiger partial charge on any atom is -0.466 e. The van der Waals surface area contributed by atoms with Gasteiger partial charge in [0.15, 0.2) is 0 Å². The zero-order chi connectivity index (χ0) is 19.6. The number of carbonyl (C=O) groups excluding carboxylic acids is 3. The van der Waals surface area contributed by atoms with Crippen LogP contribution >= 0.6 is 0 Å². The second-order valence-electron chi connectivity index (χ2n) is 7.01. The smallest absolute Gasteiger partial charge is 0.306 e. The zero-order valence-corrected chi connectivity index (χ0v) is 16.3. The third-order valence-electron chi connectivity index (χ3n) is 4.82. The van der Waals surface area contributed by atoms with Gasteiger partial charge in [-0.1, -0.05) is 29.8 Å². The average molecular weight is 374 g/mol. The summed E-state index contributed by atoms with van der Waals surface area (Å²) in [5.41, 5.74) is 2.40. The van der Waals surface area contributed by atoms with Gasteiger partial charge in [-0.25, -0.2) is 0 Å². The maximum Gasteiger partial charge on any atom is 0.306 e. The first-order chi connectivity index (χ1) is 13.0. The van der Waals surface area contributed by atoms with Gasteiger partial charge in [-0.2, -0.15) is 0 Å². The van der Waals surface area contributed by atoms with Gasteiger partial charge in [-0.05, 0) is 38.7 Å². The number of benzene rings is 1. The number of nitrogens with one attached hydrogen (secondary N) is 1.